The van der Waals surface area contributed by atoms with Crippen LogP contribution in [0.15, 0.2) is 41.6 Å². The zero-order valence-corrected chi connectivity index (χ0v) is 36.9. The molecular weight excluding hydrogens is 813 g/mol. The van der Waals surface area contributed by atoms with Gasteiger partial charge in [0.05, 0.1) is 23.0 Å². The molecule has 64 heavy (non-hydrogen) atoms. The number of carbonyl (C=O) groups is 4. The van der Waals surface area contributed by atoms with Gasteiger partial charge in [-0.2, -0.15) is 5.10 Å². The molecule has 17 nitrogen and oxygen atoms in total. The van der Waals surface area contributed by atoms with Crippen molar-refractivity contribution in [3.63, 3.8) is 0 Å². The maximum absolute atomic E-state index is 13.3. The van der Waals surface area contributed by atoms with Crippen LogP contribution in [0.2, 0.25) is 0 Å². The maximum atomic E-state index is 13.3. The lowest BCUT2D eigenvalue weighted by Crippen LogP contribution is -2.52. The lowest BCUT2D eigenvalue weighted by atomic mass is 9.88. The molecule has 4 fully saturated rings. The fourth-order valence-electron chi connectivity index (χ4n) is 10.4. The molecule has 1 saturated carbocycles. The van der Waals surface area contributed by atoms with Crippen molar-refractivity contribution in [2.45, 2.75) is 134 Å². The molecule has 1 atom stereocenters. The minimum atomic E-state index is -0.588. The van der Waals surface area contributed by atoms with Gasteiger partial charge in [-0.05, 0) is 114 Å². The van der Waals surface area contributed by atoms with Gasteiger partial charge in [-0.15, -0.1) is 0 Å². The number of nitrogen functional groups attached to an aromatic ring is 1. The van der Waals surface area contributed by atoms with Crippen molar-refractivity contribution in [3.8, 4) is 22.6 Å². The van der Waals surface area contributed by atoms with Crippen molar-refractivity contribution in [2.24, 2.45) is 0 Å². The zero-order chi connectivity index (χ0) is 44.1. The molecule has 4 aromatic heterocycles. The van der Waals surface area contributed by atoms with E-state index < -0.39 is 6.04 Å². The molecule has 1 aliphatic carbocycles. The maximum Gasteiger partial charge on any atom is 0.255 e. The van der Waals surface area contributed by atoms with Crippen LogP contribution in [0.5, 0.6) is 0 Å². The predicted molar refractivity (Wildman–Crippen MR) is 238 cm³/mol. The highest BCUT2D eigenvalue weighted by atomic mass is 16.5. The molecule has 8 heterocycles. The predicted octanol–water partition coefficient (Wildman–Crippen LogP) is 6.14. The summed E-state index contributed by atoms with van der Waals surface area (Å²) < 4.78 is 10.1. The summed E-state index contributed by atoms with van der Waals surface area (Å²) in [6, 6.07) is 5.95. The third kappa shape index (κ3) is 8.18. The number of nitrogens with two attached hydrogens (primary N) is 1. The lowest BCUT2D eigenvalue weighted by molar-refractivity contribution is -0.137. The first kappa shape index (κ1) is 42.0. The number of hydrogen-bond donors (Lipinski definition) is 2. The van der Waals surface area contributed by atoms with Gasteiger partial charge in [-0.25, -0.2) is 19.6 Å². The molecule has 0 spiro atoms. The smallest absolute Gasteiger partial charge is 0.255 e. The van der Waals surface area contributed by atoms with Crippen LogP contribution in [0.4, 0.5) is 5.82 Å². The fourth-order valence-corrected chi connectivity index (χ4v) is 10.4. The Balaban J connectivity index is 0.658. The lowest BCUT2D eigenvalue weighted by Gasteiger charge is -2.33. The Morgan fingerprint density at radius 3 is 2.47 bits per heavy atom. The van der Waals surface area contributed by atoms with Gasteiger partial charge < -0.3 is 29.5 Å². The van der Waals surface area contributed by atoms with Crippen LogP contribution in [0.1, 0.15) is 148 Å². The van der Waals surface area contributed by atoms with Crippen molar-refractivity contribution in [1.29, 1.82) is 0 Å². The van der Waals surface area contributed by atoms with E-state index in [0.29, 0.717) is 65.0 Å². The monoisotopic (exact) mass is 870 g/mol. The first-order valence-corrected chi connectivity index (χ1v) is 23.4. The normalized spacial score (nSPS) is 20.2. The van der Waals surface area contributed by atoms with Gasteiger partial charge in [0.25, 0.3) is 5.91 Å². The van der Waals surface area contributed by atoms with Crippen molar-refractivity contribution in [3.05, 3.63) is 59.5 Å². The largest absolute Gasteiger partial charge is 0.383 e. The number of imidazole rings is 1. The van der Waals surface area contributed by atoms with Gasteiger partial charge in [-0.1, -0.05) is 30.1 Å². The van der Waals surface area contributed by atoms with Crippen molar-refractivity contribution in [2.75, 3.05) is 38.5 Å². The Kier molecular flexibility index (Phi) is 11.5. The number of anilines is 1. The summed E-state index contributed by atoms with van der Waals surface area (Å²) >= 11 is 0. The van der Waals surface area contributed by atoms with E-state index in [-0.39, 0.29) is 42.1 Å². The molecule has 4 aliphatic heterocycles. The number of hydrogen-bond acceptors (Lipinski definition) is 12. The number of piperidine rings is 3. The molecule has 4 amide bonds. The second-order valence-electron chi connectivity index (χ2n) is 18.8. The fraction of sp³-hybridized carbons (Fsp3) is 0.553. The van der Waals surface area contributed by atoms with E-state index in [2.05, 4.69) is 56.0 Å². The number of amides is 4. The van der Waals surface area contributed by atoms with E-state index in [9.17, 15) is 19.2 Å². The summed E-state index contributed by atoms with van der Waals surface area (Å²) in [4.78, 5) is 70.6. The number of fused-ring (bicyclic) bond motifs is 2. The third-order valence-electron chi connectivity index (χ3n) is 14.2. The Bertz CT molecular complexity index is 2570. The van der Waals surface area contributed by atoms with Crippen LogP contribution in [0.3, 0.4) is 0 Å². The molecule has 0 bridgehead atoms. The molecular formula is C47H58N12O5. The first-order chi connectivity index (χ1) is 31.1. The van der Waals surface area contributed by atoms with Crippen molar-refractivity contribution in [1.82, 2.24) is 54.5 Å². The summed E-state index contributed by atoms with van der Waals surface area (Å²) in [5, 5.41) is 12.5. The number of benzene rings is 1. The van der Waals surface area contributed by atoms with Crippen LogP contribution in [-0.4, -0.2) is 112 Å². The highest BCUT2D eigenvalue weighted by molar-refractivity contribution is 6.05. The Hall–Kier alpha value is -5.97. The second-order valence-corrected chi connectivity index (χ2v) is 18.8. The molecule has 3 N–H and O–H groups in total. The quantitative estimate of drug-likeness (QED) is 0.0955. The van der Waals surface area contributed by atoms with Gasteiger partial charge in [0.15, 0.2) is 5.65 Å². The summed E-state index contributed by atoms with van der Waals surface area (Å²) in [6.07, 6.45) is 16.8. The minimum Gasteiger partial charge on any atom is -0.383 e. The average Bonchev–Trinajstić information content (AvgIpc) is 3.58. The molecule has 5 aliphatic rings. The number of nitrogens with one attached hydrogen (secondary N) is 1. The number of carbonyl (C=O) groups excluding carboxylic acids is 4. The third-order valence-corrected chi connectivity index (χ3v) is 14.2. The SMILES string of the molecule is CC(C)n1nc(-c2noc(C3CC3)c2-c2cn(C3CCN(C(=O)CCCCCCN4CCC(c5ccc6c(c5)C(=O)N(C5CCC(=O)NC5=O)C6)CC4)CC3)cn2)c2c(N)ncnc21. The highest BCUT2D eigenvalue weighted by Crippen LogP contribution is 2.48. The van der Waals surface area contributed by atoms with E-state index in [1.165, 1.54) is 11.9 Å². The number of likely N-dealkylation sites (tertiary alicyclic amines) is 2. The summed E-state index contributed by atoms with van der Waals surface area (Å²) in [7, 11) is 0. The van der Waals surface area contributed by atoms with Gasteiger partial charge in [0, 0.05) is 62.2 Å². The van der Waals surface area contributed by atoms with E-state index in [1.54, 1.807) is 4.90 Å². The summed E-state index contributed by atoms with van der Waals surface area (Å²) in [5.41, 5.74) is 12.8. The Morgan fingerprint density at radius 2 is 1.70 bits per heavy atom. The van der Waals surface area contributed by atoms with E-state index >= 15 is 0 Å². The molecule has 1 aromatic carbocycles. The first-order valence-electron chi connectivity index (χ1n) is 23.4. The van der Waals surface area contributed by atoms with Crippen molar-refractivity contribution < 1.29 is 23.7 Å². The molecule has 1 unspecified atom stereocenters. The Morgan fingerprint density at radius 1 is 0.906 bits per heavy atom. The molecule has 3 saturated heterocycles. The highest BCUT2D eigenvalue weighted by Gasteiger charge is 2.40. The van der Waals surface area contributed by atoms with Gasteiger partial charge in [0.2, 0.25) is 17.7 Å². The summed E-state index contributed by atoms with van der Waals surface area (Å²) in [5.74, 6) is 1.39. The molecule has 0 radical (unpaired) electrons. The standard InChI is InChI=1S/C47H58N12O5/c1-28(2)59-45-40(44(48)49-26-50-45)41(53-59)42-39(43(64-54-42)30-8-9-30)35-25-57(27-51-35)33-16-21-56(22-17-33)38(61)7-5-3-4-6-18-55-19-14-29(15-20-55)31-10-11-32-24-58(47(63)34(32)23-31)36-12-13-37(60)52-46(36)62/h10-11,23,25-30,33,36H,3-9,12-22,24H2,1-2H3,(H2,48,49,50)(H,52,60,62). The number of aromatic nitrogens is 7. The van der Waals surface area contributed by atoms with E-state index in [4.69, 9.17) is 20.3 Å². The van der Waals surface area contributed by atoms with E-state index in [1.807, 2.05) is 28.0 Å². The number of unbranched alkanes of at least 4 members (excludes halogenated alkanes) is 3. The van der Waals surface area contributed by atoms with Crippen LogP contribution in [0.25, 0.3) is 33.7 Å². The van der Waals surface area contributed by atoms with Crippen LogP contribution < -0.4 is 11.1 Å². The topological polar surface area (TPSA) is 204 Å². The van der Waals surface area contributed by atoms with Crippen LogP contribution in [0, 0.1) is 0 Å². The minimum absolute atomic E-state index is 0.0540. The van der Waals surface area contributed by atoms with Crippen molar-refractivity contribution >= 4 is 40.5 Å². The number of rotatable bonds is 14. The zero-order valence-electron chi connectivity index (χ0n) is 36.9. The van der Waals surface area contributed by atoms with E-state index in [0.717, 1.165) is 120 Å². The van der Waals surface area contributed by atoms with Gasteiger partial charge in [0.1, 0.15) is 35.3 Å². The second kappa shape index (κ2) is 17.5. The molecule has 17 heteroatoms. The average molecular weight is 871 g/mol. The number of nitrogens with zero attached hydrogens (tertiary/aromatic N) is 10. The molecule has 10 rings (SSSR count). The van der Waals surface area contributed by atoms with Gasteiger partial charge >= 0.3 is 0 Å². The van der Waals surface area contributed by atoms with Crippen LogP contribution >= 0.6 is 0 Å². The number of imide groups is 1. The van der Waals surface area contributed by atoms with Crippen LogP contribution in [-0.2, 0) is 20.9 Å². The van der Waals surface area contributed by atoms with Gasteiger partial charge in [-0.3, -0.25) is 24.5 Å². The molecule has 336 valence electrons. The molecule has 5 aromatic rings. The Labute approximate surface area is 372 Å². The summed E-state index contributed by atoms with van der Waals surface area (Å²) in [6.45, 7) is 9.12.